The molecule has 0 saturated carbocycles. The van der Waals surface area contributed by atoms with Crippen LogP contribution in [0.1, 0.15) is 61.0 Å². The van der Waals surface area contributed by atoms with E-state index in [-0.39, 0.29) is 11.8 Å². The minimum atomic E-state index is 0.000694. The highest BCUT2D eigenvalue weighted by molar-refractivity contribution is 6.01. The fraction of sp³-hybridized carbons (Fsp3) is 0.611. The Labute approximate surface area is 123 Å². The lowest BCUT2D eigenvalue weighted by molar-refractivity contribution is 0.0661. The van der Waals surface area contributed by atoms with E-state index < -0.39 is 0 Å². The smallest absolute Gasteiger partial charge is 0.179 e. The van der Waals surface area contributed by atoms with Gasteiger partial charge in [-0.25, -0.2) is 0 Å². The van der Waals surface area contributed by atoms with E-state index in [9.17, 15) is 4.79 Å². The normalized spacial score (nSPS) is 21.7. The van der Waals surface area contributed by atoms with Crippen LogP contribution in [0.25, 0.3) is 0 Å². The Morgan fingerprint density at radius 1 is 1.35 bits per heavy atom. The highest BCUT2D eigenvalue weighted by atomic mass is 16.1. The van der Waals surface area contributed by atoms with Gasteiger partial charge in [-0.15, -0.1) is 0 Å². The summed E-state index contributed by atoms with van der Waals surface area (Å²) < 4.78 is 0. The van der Waals surface area contributed by atoms with Crippen LogP contribution in [0, 0.1) is 13.8 Å². The molecule has 2 atom stereocenters. The molecule has 1 fully saturated rings. The first-order valence-electron chi connectivity index (χ1n) is 7.91. The van der Waals surface area contributed by atoms with Gasteiger partial charge in [0.2, 0.25) is 0 Å². The second-order valence-corrected chi connectivity index (χ2v) is 6.15. The van der Waals surface area contributed by atoms with E-state index in [0.717, 1.165) is 29.7 Å². The predicted octanol–water partition coefficient (Wildman–Crippen LogP) is 4.14. The summed E-state index contributed by atoms with van der Waals surface area (Å²) in [5.41, 5.74) is 3.16. The summed E-state index contributed by atoms with van der Waals surface area (Å²) in [7, 11) is 0. The maximum Gasteiger partial charge on any atom is 0.179 e. The summed E-state index contributed by atoms with van der Waals surface area (Å²) in [6.45, 7) is 9.47. The van der Waals surface area contributed by atoms with Gasteiger partial charge in [-0.05, 0) is 58.2 Å². The van der Waals surface area contributed by atoms with Gasteiger partial charge in [-0.1, -0.05) is 31.0 Å². The molecule has 0 N–H and O–H groups in total. The number of Topliss-reactive ketones (excluding diaryl/α,β-unsaturated/α-hetero) is 1. The van der Waals surface area contributed by atoms with E-state index in [0.29, 0.717) is 6.04 Å². The minimum Gasteiger partial charge on any atom is -0.292 e. The zero-order valence-corrected chi connectivity index (χ0v) is 13.3. The van der Waals surface area contributed by atoms with Gasteiger partial charge in [0.05, 0.1) is 6.04 Å². The Morgan fingerprint density at radius 3 is 2.80 bits per heavy atom. The van der Waals surface area contributed by atoms with E-state index in [4.69, 9.17) is 0 Å². The molecule has 1 aromatic rings. The van der Waals surface area contributed by atoms with Crippen LogP contribution < -0.4 is 0 Å². The average Bonchev–Trinajstić information content (AvgIpc) is 2.48. The molecule has 2 heteroatoms. The van der Waals surface area contributed by atoms with Crippen molar-refractivity contribution in [1.29, 1.82) is 0 Å². The molecular formula is C18H27NO. The SMILES string of the molecule is CCC1CCCCN1C(C)C(=O)c1cc(C)ccc1C. The summed E-state index contributed by atoms with van der Waals surface area (Å²) in [5.74, 6) is 0.284. The van der Waals surface area contributed by atoms with Gasteiger partial charge in [0.1, 0.15) is 0 Å². The van der Waals surface area contributed by atoms with Crippen molar-refractivity contribution in [3.63, 3.8) is 0 Å². The summed E-state index contributed by atoms with van der Waals surface area (Å²) in [5, 5.41) is 0. The lowest BCUT2D eigenvalue weighted by atomic mass is 9.93. The number of piperidine rings is 1. The molecule has 1 saturated heterocycles. The van der Waals surface area contributed by atoms with Gasteiger partial charge in [0.25, 0.3) is 0 Å². The van der Waals surface area contributed by atoms with Crippen molar-refractivity contribution in [3.05, 3.63) is 34.9 Å². The third-order valence-corrected chi connectivity index (χ3v) is 4.68. The van der Waals surface area contributed by atoms with Gasteiger partial charge >= 0.3 is 0 Å². The Bertz CT molecular complexity index is 480. The molecule has 0 spiro atoms. The van der Waals surface area contributed by atoms with Crippen LogP contribution in [-0.2, 0) is 0 Å². The van der Waals surface area contributed by atoms with Crippen molar-refractivity contribution in [2.24, 2.45) is 0 Å². The maximum atomic E-state index is 12.8. The van der Waals surface area contributed by atoms with E-state index in [2.05, 4.69) is 37.8 Å². The molecule has 0 bridgehead atoms. The highest BCUT2D eigenvalue weighted by Gasteiger charge is 2.30. The van der Waals surface area contributed by atoms with Gasteiger partial charge in [0, 0.05) is 11.6 Å². The van der Waals surface area contributed by atoms with Gasteiger partial charge in [-0.3, -0.25) is 9.69 Å². The van der Waals surface area contributed by atoms with Crippen molar-refractivity contribution in [2.75, 3.05) is 6.54 Å². The lowest BCUT2D eigenvalue weighted by Gasteiger charge is -2.39. The molecule has 2 nitrogen and oxygen atoms in total. The quantitative estimate of drug-likeness (QED) is 0.768. The summed E-state index contributed by atoms with van der Waals surface area (Å²) in [4.78, 5) is 15.3. The fourth-order valence-electron chi connectivity index (χ4n) is 3.35. The van der Waals surface area contributed by atoms with Crippen LogP contribution >= 0.6 is 0 Å². The lowest BCUT2D eigenvalue weighted by Crippen LogP contribution is -2.48. The molecule has 0 radical (unpaired) electrons. The number of hydrogen-bond donors (Lipinski definition) is 0. The molecule has 20 heavy (non-hydrogen) atoms. The Hall–Kier alpha value is -1.15. The summed E-state index contributed by atoms with van der Waals surface area (Å²) in [6.07, 6.45) is 4.91. The van der Waals surface area contributed by atoms with Crippen molar-refractivity contribution in [2.45, 2.75) is 65.5 Å². The summed E-state index contributed by atoms with van der Waals surface area (Å²) in [6, 6.07) is 6.75. The average molecular weight is 273 g/mol. The molecule has 1 aliphatic rings. The van der Waals surface area contributed by atoms with Crippen molar-refractivity contribution in [1.82, 2.24) is 4.90 Å². The zero-order chi connectivity index (χ0) is 14.7. The highest BCUT2D eigenvalue weighted by Crippen LogP contribution is 2.24. The molecule has 2 rings (SSSR count). The van der Waals surface area contributed by atoms with Gasteiger partial charge in [0.15, 0.2) is 5.78 Å². The number of likely N-dealkylation sites (tertiary alicyclic amines) is 1. The third kappa shape index (κ3) is 3.12. The maximum absolute atomic E-state index is 12.8. The molecule has 1 aliphatic heterocycles. The predicted molar refractivity (Wildman–Crippen MR) is 84.3 cm³/mol. The van der Waals surface area contributed by atoms with E-state index >= 15 is 0 Å². The van der Waals surface area contributed by atoms with Crippen LogP contribution in [0.4, 0.5) is 0 Å². The number of hydrogen-bond acceptors (Lipinski definition) is 2. The summed E-state index contributed by atoms with van der Waals surface area (Å²) >= 11 is 0. The number of rotatable bonds is 4. The topological polar surface area (TPSA) is 20.3 Å². The second kappa shape index (κ2) is 6.53. The van der Waals surface area contributed by atoms with Crippen LogP contribution in [0.2, 0.25) is 0 Å². The first kappa shape index (κ1) is 15.2. The van der Waals surface area contributed by atoms with Crippen LogP contribution in [0.3, 0.4) is 0 Å². The van der Waals surface area contributed by atoms with Crippen LogP contribution in [0.5, 0.6) is 0 Å². The Balaban J connectivity index is 2.21. The molecule has 0 aliphatic carbocycles. The molecular weight excluding hydrogens is 246 g/mol. The minimum absolute atomic E-state index is 0.000694. The van der Waals surface area contributed by atoms with Crippen molar-refractivity contribution in [3.8, 4) is 0 Å². The van der Waals surface area contributed by atoms with Gasteiger partial charge < -0.3 is 0 Å². The molecule has 2 unspecified atom stereocenters. The van der Waals surface area contributed by atoms with Gasteiger partial charge in [-0.2, -0.15) is 0 Å². The monoisotopic (exact) mass is 273 g/mol. The number of carbonyl (C=O) groups is 1. The largest absolute Gasteiger partial charge is 0.292 e. The standard InChI is InChI=1S/C18H27NO/c1-5-16-8-6-7-11-19(16)15(4)18(20)17-12-13(2)9-10-14(17)3/h9-10,12,15-16H,5-8,11H2,1-4H3. The van der Waals surface area contributed by atoms with Crippen LogP contribution in [-0.4, -0.2) is 29.3 Å². The molecule has 110 valence electrons. The van der Waals surface area contributed by atoms with E-state index in [1.807, 2.05) is 13.0 Å². The number of ketones is 1. The molecule has 0 aromatic heterocycles. The van der Waals surface area contributed by atoms with Crippen molar-refractivity contribution >= 4 is 5.78 Å². The molecule has 1 heterocycles. The molecule has 1 aromatic carbocycles. The van der Waals surface area contributed by atoms with Crippen molar-refractivity contribution < 1.29 is 4.79 Å². The molecule has 0 amide bonds. The van der Waals surface area contributed by atoms with E-state index in [1.54, 1.807) is 0 Å². The Kier molecular flexibility index (Phi) is 4.98. The van der Waals surface area contributed by atoms with Crippen LogP contribution in [0.15, 0.2) is 18.2 Å². The van der Waals surface area contributed by atoms with E-state index in [1.165, 1.54) is 19.3 Å². The number of nitrogens with zero attached hydrogens (tertiary/aromatic N) is 1. The number of carbonyl (C=O) groups excluding carboxylic acids is 1. The number of benzene rings is 1. The zero-order valence-electron chi connectivity index (χ0n) is 13.3. The second-order valence-electron chi connectivity index (χ2n) is 6.15. The Morgan fingerprint density at radius 2 is 2.10 bits per heavy atom. The first-order chi connectivity index (χ1) is 9.54. The third-order valence-electron chi connectivity index (χ3n) is 4.68. The fourth-order valence-corrected chi connectivity index (χ4v) is 3.35. The number of aryl methyl sites for hydroxylation is 2. The first-order valence-corrected chi connectivity index (χ1v) is 7.91.